The number of hydrogen-bond donors (Lipinski definition) is 0. The topological polar surface area (TPSA) is 22.1 Å². The van der Waals surface area contributed by atoms with Gasteiger partial charge in [-0.15, -0.1) is 0 Å². The molecular formula is C10H8ClNO. The third-order valence-electron chi connectivity index (χ3n) is 1.92. The molecule has 0 aliphatic carbocycles. The molecule has 13 heavy (non-hydrogen) atoms. The maximum absolute atomic E-state index is 6.03. The summed E-state index contributed by atoms with van der Waals surface area (Å²) in [5.74, 6) is 0.711. The van der Waals surface area contributed by atoms with Crippen LogP contribution in [0.25, 0.3) is 10.8 Å². The molecule has 1 heterocycles. The van der Waals surface area contributed by atoms with Crippen LogP contribution in [-0.2, 0) is 0 Å². The summed E-state index contributed by atoms with van der Waals surface area (Å²) in [6, 6.07) is 5.69. The van der Waals surface area contributed by atoms with Crippen LogP contribution in [0.5, 0.6) is 5.75 Å². The van der Waals surface area contributed by atoms with Crippen molar-refractivity contribution in [3.05, 3.63) is 35.6 Å². The van der Waals surface area contributed by atoms with Crippen molar-refractivity contribution in [1.29, 1.82) is 0 Å². The van der Waals surface area contributed by atoms with Crippen molar-refractivity contribution in [3.8, 4) is 5.75 Å². The van der Waals surface area contributed by atoms with Gasteiger partial charge in [0.05, 0.1) is 18.3 Å². The molecule has 0 amide bonds. The Bertz CT molecular complexity index is 437. The van der Waals surface area contributed by atoms with E-state index in [4.69, 9.17) is 16.3 Å². The largest absolute Gasteiger partial charge is 0.494 e. The van der Waals surface area contributed by atoms with Crippen LogP contribution >= 0.6 is 11.6 Å². The summed E-state index contributed by atoms with van der Waals surface area (Å²) in [7, 11) is 1.61. The minimum Gasteiger partial charge on any atom is -0.494 e. The van der Waals surface area contributed by atoms with Crippen molar-refractivity contribution in [2.75, 3.05) is 7.11 Å². The highest BCUT2D eigenvalue weighted by molar-refractivity contribution is 6.36. The highest BCUT2D eigenvalue weighted by Crippen LogP contribution is 2.30. The van der Waals surface area contributed by atoms with Crippen LogP contribution in [0, 0.1) is 0 Å². The molecule has 0 atom stereocenters. The fourth-order valence-corrected chi connectivity index (χ4v) is 1.59. The van der Waals surface area contributed by atoms with Gasteiger partial charge in [-0.2, -0.15) is 0 Å². The quantitative estimate of drug-likeness (QED) is 0.695. The standard InChI is InChI=1S/C10H8ClNO/c1-13-9-6-12-5-7-3-2-4-8(11)10(7)9/h2-6H,1H3. The van der Waals surface area contributed by atoms with Crippen molar-refractivity contribution in [2.45, 2.75) is 0 Å². The van der Waals surface area contributed by atoms with E-state index in [-0.39, 0.29) is 0 Å². The van der Waals surface area contributed by atoms with Gasteiger partial charge in [0, 0.05) is 17.0 Å². The summed E-state index contributed by atoms with van der Waals surface area (Å²) in [4.78, 5) is 4.04. The third-order valence-corrected chi connectivity index (χ3v) is 2.23. The van der Waals surface area contributed by atoms with Crippen LogP contribution in [-0.4, -0.2) is 12.1 Å². The molecule has 2 nitrogen and oxygen atoms in total. The summed E-state index contributed by atoms with van der Waals surface area (Å²) in [6.07, 6.45) is 3.43. The highest BCUT2D eigenvalue weighted by atomic mass is 35.5. The van der Waals surface area contributed by atoms with E-state index in [1.807, 2.05) is 18.2 Å². The Morgan fingerprint density at radius 2 is 2.15 bits per heavy atom. The van der Waals surface area contributed by atoms with Crippen molar-refractivity contribution in [1.82, 2.24) is 4.98 Å². The number of fused-ring (bicyclic) bond motifs is 1. The summed E-state index contributed by atoms with van der Waals surface area (Å²) >= 11 is 6.03. The molecule has 2 rings (SSSR count). The normalized spacial score (nSPS) is 10.3. The van der Waals surface area contributed by atoms with Gasteiger partial charge in [0.2, 0.25) is 0 Å². The highest BCUT2D eigenvalue weighted by Gasteiger charge is 2.04. The first kappa shape index (κ1) is 8.32. The Morgan fingerprint density at radius 3 is 2.92 bits per heavy atom. The first-order chi connectivity index (χ1) is 6.33. The van der Waals surface area contributed by atoms with Gasteiger partial charge >= 0.3 is 0 Å². The van der Waals surface area contributed by atoms with Crippen LogP contribution in [0.3, 0.4) is 0 Å². The predicted octanol–water partition coefficient (Wildman–Crippen LogP) is 2.90. The van der Waals surface area contributed by atoms with E-state index in [0.717, 1.165) is 10.8 Å². The molecule has 0 aliphatic heterocycles. The number of pyridine rings is 1. The fraction of sp³-hybridized carbons (Fsp3) is 0.100. The number of ether oxygens (including phenoxy) is 1. The van der Waals surface area contributed by atoms with Gasteiger partial charge in [-0.3, -0.25) is 4.98 Å². The number of hydrogen-bond acceptors (Lipinski definition) is 2. The zero-order valence-electron chi connectivity index (χ0n) is 7.12. The minimum absolute atomic E-state index is 0.691. The number of aromatic nitrogens is 1. The fourth-order valence-electron chi connectivity index (χ4n) is 1.31. The number of methoxy groups -OCH3 is 1. The first-order valence-corrected chi connectivity index (χ1v) is 4.27. The molecule has 0 unspecified atom stereocenters. The second-order valence-corrected chi connectivity index (χ2v) is 3.09. The summed E-state index contributed by atoms with van der Waals surface area (Å²) in [5, 5.41) is 2.60. The maximum atomic E-state index is 6.03. The van der Waals surface area contributed by atoms with Gasteiger partial charge < -0.3 is 4.74 Å². The molecular weight excluding hydrogens is 186 g/mol. The van der Waals surface area contributed by atoms with Crippen molar-refractivity contribution in [3.63, 3.8) is 0 Å². The van der Waals surface area contributed by atoms with E-state index in [1.165, 1.54) is 0 Å². The molecule has 0 N–H and O–H groups in total. The lowest BCUT2D eigenvalue weighted by molar-refractivity contribution is 0.418. The van der Waals surface area contributed by atoms with Gasteiger partial charge in [0.25, 0.3) is 0 Å². The molecule has 0 fully saturated rings. The Balaban J connectivity index is 2.87. The Labute approximate surface area is 81.1 Å². The SMILES string of the molecule is COc1cncc2cccc(Cl)c12. The minimum atomic E-state index is 0.691. The molecule has 0 radical (unpaired) electrons. The smallest absolute Gasteiger partial charge is 0.146 e. The van der Waals surface area contributed by atoms with Crippen LogP contribution in [0.4, 0.5) is 0 Å². The van der Waals surface area contributed by atoms with Crippen LogP contribution in [0.2, 0.25) is 5.02 Å². The number of benzene rings is 1. The lowest BCUT2D eigenvalue weighted by atomic mass is 10.2. The maximum Gasteiger partial charge on any atom is 0.146 e. The molecule has 0 saturated heterocycles. The number of nitrogens with zero attached hydrogens (tertiary/aromatic N) is 1. The van der Waals surface area contributed by atoms with Crippen LogP contribution in [0.15, 0.2) is 30.6 Å². The van der Waals surface area contributed by atoms with Gasteiger partial charge in [-0.05, 0) is 6.07 Å². The molecule has 0 bridgehead atoms. The zero-order valence-corrected chi connectivity index (χ0v) is 7.88. The lowest BCUT2D eigenvalue weighted by Crippen LogP contribution is -1.86. The van der Waals surface area contributed by atoms with E-state index in [1.54, 1.807) is 19.5 Å². The Morgan fingerprint density at radius 1 is 1.31 bits per heavy atom. The van der Waals surface area contributed by atoms with E-state index in [0.29, 0.717) is 10.8 Å². The van der Waals surface area contributed by atoms with Crippen molar-refractivity contribution in [2.24, 2.45) is 0 Å². The van der Waals surface area contributed by atoms with E-state index >= 15 is 0 Å². The Hall–Kier alpha value is -1.28. The van der Waals surface area contributed by atoms with Gasteiger partial charge in [0.1, 0.15) is 5.75 Å². The molecule has 0 aliphatic rings. The van der Waals surface area contributed by atoms with E-state index in [2.05, 4.69) is 4.98 Å². The second kappa shape index (κ2) is 3.23. The Kier molecular flexibility index (Phi) is 2.07. The van der Waals surface area contributed by atoms with Crippen molar-refractivity contribution < 1.29 is 4.74 Å². The molecule has 66 valence electrons. The second-order valence-electron chi connectivity index (χ2n) is 2.68. The molecule has 0 saturated carbocycles. The molecule has 0 spiro atoms. The van der Waals surface area contributed by atoms with Crippen molar-refractivity contribution >= 4 is 22.4 Å². The summed E-state index contributed by atoms with van der Waals surface area (Å²) in [5.41, 5.74) is 0. The summed E-state index contributed by atoms with van der Waals surface area (Å²) in [6.45, 7) is 0. The molecule has 2 aromatic rings. The monoisotopic (exact) mass is 193 g/mol. The molecule has 1 aromatic carbocycles. The van der Waals surface area contributed by atoms with E-state index < -0.39 is 0 Å². The van der Waals surface area contributed by atoms with Crippen LogP contribution in [0.1, 0.15) is 0 Å². The first-order valence-electron chi connectivity index (χ1n) is 3.89. The average Bonchev–Trinajstić information content (AvgIpc) is 2.17. The average molecular weight is 194 g/mol. The molecule has 3 heteroatoms. The number of halogens is 1. The summed E-state index contributed by atoms with van der Waals surface area (Å²) < 4.78 is 5.16. The van der Waals surface area contributed by atoms with E-state index in [9.17, 15) is 0 Å². The van der Waals surface area contributed by atoms with Gasteiger partial charge in [-0.25, -0.2) is 0 Å². The lowest BCUT2D eigenvalue weighted by Gasteiger charge is -2.05. The molecule has 1 aromatic heterocycles. The zero-order chi connectivity index (χ0) is 9.26. The van der Waals surface area contributed by atoms with Gasteiger partial charge in [-0.1, -0.05) is 23.7 Å². The number of rotatable bonds is 1. The predicted molar refractivity (Wildman–Crippen MR) is 53.3 cm³/mol. The third kappa shape index (κ3) is 1.33. The van der Waals surface area contributed by atoms with Crippen LogP contribution < -0.4 is 4.74 Å². The van der Waals surface area contributed by atoms with Gasteiger partial charge in [0.15, 0.2) is 0 Å².